The molecule has 0 fully saturated rings. The summed E-state index contributed by atoms with van der Waals surface area (Å²) in [6, 6.07) is 11.7. The van der Waals surface area contributed by atoms with Crippen LogP contribution in [0, 0.1) is 0 Å². The van der Waals surface area contributed by atoms with Gasteiger partial charge in [-0.25, -0.2) is 0 Å². The van der Waals surface area contributed by atoms with Crippen molar-refractivity contribution in [2.75, 3.05) is 0 Å². The molecule has 0 bridgehead atoms. The third-order valence-corrected chi connectivity index (χ3v) is 4.17. The molecule has 1 heterocycles. The van der Waals surface area contributed by atoms with Gasteiger partial charge in [0.05, 0.1) is 17.6 Å². The Morgan fingerprint density at radius 2 is 2.10 bits per heavy atom. The lowest BCUT2D eigenvalue weighted by Crippen LogP contribution is -2.32. The van der Waals surface area contributed by atoms with E-state index < -0.39 is 0 Å². The molecule has 3 nitrogen and oxygen atoms in total. The number of carbonyl (C=O) groups is 1. The van der Waals surface area contributed by atoms with Crippen molar-refractivity contribution < 1.29 is 9.21 Å². The Morgan fingerprint density at radius 3 is 2.80 bits per heavy atom. The summed E-state index contributed by atoms with van der Waals surface area (Å²) in [7, 11) is 0. The quantitative estimate of drug-likeness (QED) is 0.814. The molecule has 0 radical (unpaired) electrons. The van der Waals surface area contributed by atoms with Gasteiger partial charge in [0, 0.05) is 10.9 Å². The van der Waals surface area contributed by atoms with Crippen LogP contribution in [0.4, 0.5) is 0 Å². The lowest BCUT2D eigenvalue weighted by atomic mass is 10.2. The van der Waals surface area contributed by atoms with Gasteiger partial charge in [-0.05, 0) is 37.6 Å². The van der Waals surface area contributed by atoms with E-state index in [2.05, 4.69) is 12.2 Å². The molecule has 0 aliphatic heterocycles. The Bertz CT molecular complexity index is 551. The largest absolute Gasteiger partial charge is 0.468 e. The zero-order valence-corrected chi connectivity index (χ0v) is 12.6. The van der Waals surface area contributed by atoms with Crippen LogP contribution < -0.4 is 5.32 Å². The minimum absolute atomic E-state index is 0.0121. The summed E-state index contributed by atoms with van der Waals surface area (Å²) in [5.74, 6) is 1.62. The Hall–Kier alpha value is -1.68. The molecule has 1 atom stereocenters. The Balaban J connectivity index is 2.07. The summed E-state index contributed by atoms with van der Waals surface area (Å²) in [5, 5.41) is 3.00. The van der Waals surface area contributed by atoms with Crippen LogP contribution in [-0.2, 0) is 5.75 Å². The molecule has 4 heteroatoms. The first-order chi connectivity index (χ1) is 9.70. The first-order valence-electron chi connectivity index (χ1n) is 6.75. The molecule has 0 saturated heterocycles. The Kier molecular flexibility index (Phi) is 5.30. The van der Waals surface area contributed by atoms with Gasteiger partial charge < -0.3 is 9.73 Å². The zero-order valence-electron chi connectivity index (χ0n) is 11.8. The van der Waals surface area contributed by atoms with E-state index >= 15 is 0 Å². The summed E-state index contributed by atoms with van der Waals surface area (Å²) in [5.41, 5.74) is 0.726. The van der Waals surface area contributed by atoms with Crippen molar-refractivity contribution in [1.29, 1.82) is 0 Å². The molecule has 1 aromatic carbocycles. The van der Waals surface area contributed by atoms with Gasteiger partial charge in [-0.3, -0.25) is 4.79 Å². The topological polar surface area (TPSA) is 42.2 Å². The van der Waals surface area contributed by atoms with Crippen molar-refractivity contribution >= 4 is 17.7 Å². The van der Waals surface area contributed by atoms with Gasteiger partial charge in [0.25, 0.3) is 5.91 Å². The second-order valence-electron chi connectivity index (χ2n) is 4.65. The SMILES string of the molecule is CC[C@H](C)NC(=O)c1ccccc1SCc1ccco1. The van der Waals surface area contributed by atoms with Gasteiger partial charge in [-0.15, -0.1) is 11.8 Å². The lowest BCUT2D eigenvalue weighted by molar-refractivity contribution is 0.0936. The number of amides is 1. The monoisotopic (exact) mass is 289 g/mol. The Labute approximate surface area is 123 Å². The molecule has 0 spiro atoms. The highest BCUT2D eigenvalue weighted by Crippen LogP contribution is 2.26. The van der Waals surface area contributed by atoms with Crippen molar-refractivity contribution in [2.45, 2.75) is 37.0 Å². The van der Waals surface area contributed by atoms with Gasteiger partial charge in [-0.1, -0.05) is 19.1 Å². The third kappa shape index (κ3) is 3.90. The fourth-order valence-electron chi connectivity index (χ4n) is 1.73. The first-order valence-corrected chi connectivity index (χ1v) is 7.74. The van der Waals surface area contributed by atoms with Crippen molar-refractivity contribution in [3.05, 3.63) is 54.0 Å². The van der Waals surface area contributed by atoms with Crippen molar-refractivity contribution in [1.82, 2.24) is 5.32 Å². The van der Waals surface area contributed by atoms with Gasteiger partial charge >= 0.3 is 0 Å². The third-order valence-electron chi connectivity index (χ3n) is 3.07. The standard InChI is InChI=1S/C16H19NO2S/c1-3-12(2)17-16(18)14-8-4-5-9-15(14)20-11-13-7-6-10-19-13/h4-10,12H,3,11H2,1-2H3,(H,17,18)/t12-/m0/s1. The highest BCUT2D eigenvalue weighted by molar-refractivity contribution is 7.98. The molecule has 2 rings (SSSR count). The highest BCUT2D eigenvalue weighted by Gasteiger charge is 2.13. The molecule has 0 aliphatic carbocycles. The van der Waals surface area contributed by atoms with Crippen molar-refractivity contribution in [3.8, 4) is 0 Å². The normalized spacial score (nSPS) is 12.1. The second kappa shape index (κ2) is 7.20. The minimum atomic E-state index is -0.0121. The Morgan fingerprint density at radius 1 is 1.30 bits per heavy atom. The zero-order chi connectivity index (χ0) is 14.4. The molecule has 0 aliphatic rings. The summed E-state index contributed by atoms with van der Waals surface area (Å²) >= 11 is 1.61. The van der Waals surface area contributed by atoms with Crippen LogP contribution in [-0.4, -0.2) is 11.9 Å². The molecule has 106 valence electrons. The van der Waals surface area contributed by atoms with E-state index in [1.54, 1.807) is 18.0 Å². The van der Waals surface area contributed by atoms with E-state index in [1.165, 1.54) is 0 Å². The number of hydrogen-bond acceptors (Lipinski definition) is 3. The second-order valence-corrected chi connectivity index (χ2v) is 5.66. The summed E-state index contributed by atoms with van der Waals surface area (Å²) in [6.45, 7) is 4.07. The van der Waals surface area contributed by atoms with E-state index in [9.17, 15) is 4.79 Å². The van der Waals surface area contributed by atoms with Crippen LogP contribution in [0.25, 0.3) is 0 Å². The molecule has 0 unspecified atom stereocenters. The van der Waals surface area contributed by atoms with Gasteiger partial charge in [0.2, 0.25) is 0 Å². The average molecular weight is 289 g/mol. The number of nitrogens with one attached hydrogen (secondary N) is 1. The summed E-state index contributed by atoms with van der Waals surface area (Å²) in [6.07, 6.45) is 2.59. The van der Waals surface area contributed by atoms with Crippen molar-refractivity contribution in [3.63, 3.8) is 0 Å². The number of rotatable bonds is 6. The molecule has 1 N–H and O–H groups in total. The van der Waals surface area contributed by atoms with Crippen LogP contribution in [0.2, 0.25) is 0 Å². The number of hydrogen-bond donors (Lipinski definition) is 1. The minimum Gasteiger partial charge on any atom is -0.468 e. The smallest absolute Gasteiger partial charge is 0.252 e. The van der Waals surface area contributed by atoms with Crippen LogP contribution in [0.5, 0.6) is 0 Å². The van der Waals surface area contributed by atoms with E-state index in [-0.39, 0.29) is 11.9 Å². The van der Waals surface area contributed by atoms with Crippen LogP contribution in [0.15, 0.2) is 52.0 Å². The maximum absolute atomic E-state index is 12.2. The molecule has 1 amide bonds. The van der Waals surface area contributed by atoms with Crippen LogP contribution >= 0.6 is 11.8 Å². The first kappa shape index (κ1) is 14.7. The predicted octanol–water partition coefficient (Wildman–Crippen LogP) is 4.10. The highest BCUT2D eigenvalue weighted by atomic mass is 32.2. The van der Waals surface area contributed by atoms with Gasteiger partial charge in [0.1, 0.15) is 5.76 Å². The molecular weight excluding hydrogens is 270 g/mol. The molecule has 2 aromatic rings. The lowest BCUT2D eigenvalue weighted by Gasteiger charge is -2.13. The predicted molar refractivity (Wildman–Crippen MR) is 81.9 cm³/mol. The van der Waals surface area contributed by atoms with Gasteiger partial charge in [0.15, 0.2) is 0 Å². The number of carbonyl (C=O) groups excluding carboxylic acids is 1. The number of benzene rings is 1. The summed E-state index contributed by atoms with van der Waals surface area (Å²) in [4.78, 5) is 13.2. The molecule has 1 aromatic heterocycles. The van der Waals surface area contributed by atoms with Crippen LogP contribution in [0.3, 0.4) is 0 Å². The van der Waals surface area contributed by atoms with Crippen LogP contribution in [0.1, 0.15) is 36.4 Å². The number of furan rings is 1. The molecular formula is C16H19NO2S. The van der Waals surface area contributed by atoms with E-state index in [0.29, 0.717) is 0 Å². The molecule has 0 saturated carbocycles. The molecule has 20 heavy (non-hydrogen) atoms. The fraction of sp³-hybridized carbons (Fsp3) is 0.312. The maximum atomic E-state index is 12.2. The van der Waals surface area contributed by atoms with E-state index in [1.807, 2.05) is 43.3 Å². The fourth-order valence-corrected chi connectivity index (χ4v) is 2.68. The maximum Gasteiger partial charge on any atom is 0.252 e. The van der Waals surface area contributed by atoms with E-state index in [0.717, 1.165) is 28.4 Å². The number of thioether (sulfide) groups is 1. The van der Waals surface area contributed by atoms with E-state index in [4.69, 9.17) is 4.42 Å². The average Bonchev–Trinajstić information content (AvgIpc) is 2.98. The van der Waals surface area contributed by atoms with Crippen molar-refractivity contribution in [2.24, 2.45) is 0 Å². The summed E-state index contributed by atoms with van der Waals surface area (Å²) < 4.78 is 5.32. The van der Waals surface area contributed by atoms with Gasteiger partial charge in [-0.2, -0.15) is 0 Å².